The number of nitrogens with zero attached hydrogens (tertiary/aromatic N) is 3. The van der Waals surface area contributed by atoms with Crippen LogP contribution < -0.4 is 0 Å². The lowest BCUT2D eigenvalue weighted by atomic mass is 10.0. The predicted octanol–water partition coefficient (Wildman–Crippen LogP) is 5.89. The predicted molar refractivity (Wildman–Crippen MR) is 98.7 cm³/mol. The number of para-hydroxylation sites is 2. The summed E-state index contributed by atoms with van der Waals surface area (Å²) in [6, 6.07) is 17.3. The number of hydrogen-bond donors (Lipinski definition) is 0. The van der Waals surface area contributed by atoms with E-state index in [9.17, 15) is 13.6 Å². The summed E-state index contributed by atoms with van der Waals surface area (Å²) in [6.45, 7) is 0. The third-order valence-electron chi connectivity index (χ3n) is 4.02. The molecule has 0 saturated carbocycles. The molecule has 138 valence electrons. The number of benzene rings is 3. The zero-order valence-electron chi connectivity index (χ0n) is 14.4. The van der Waals surface area contributed by atoms with Gasteiger partial charge in [0, 0.05) is 5.56 Å². The van der Waals surface area contributed by atoms with Gasteiger partial charge in [-0.3, -0.25) is 4.79 Å². The number of hydrogen-bond acceptors (Lipinski definition) is 5. The largest absolute Gasteiger partial charge is 0.436 e. The van der Waals surface area contributed by atoms with Crippen LogP contribution >= 0.6 is 0 Å². The Morgan fingerprint density at radius 3 is 2.36 bits per heavy atom. The van der Waals surface area contributed by atoms with Crippen molar-refractivity contribution in [2.45, 2.75) is 6.05 Å². The molecular weight excluding hydrogens is 364 g/mol. The molecule has 3 aromatic carbocycles. The van der Waals surface area contributed by atoms with Crippen molar-refractivity contribution in [3.8, 4) is 0 Å². The lowest BCUT2D eigenvalue weighted by Gasteiger charge is -2.07. The number of alkyl halides is 2. The zero-order chi connectivity index (χ0) is 19.6. The number of ketones is 1. The number of azo groups is 1. The summed E-state index contributed by atoms with van der Waals surface area (Å²) in [5, 5.41) is 6.74. The second kappa shape index (κ2) is 7.11. The van der Waals surface area contributed by atoms with E-state index in [2.05, 4.69) is 15.2 Å². The van der Waals surface area contributed by atoms with Crippen molar-refractivity contribution in [3.05, 3.63) is 95.9 Å². The average molecular weight is 377 g/mol. The number of rotatable bonds is 5. The Morgan fingerprint density at radius 2 is 1.57 bits per heavy atom. The van der Waals surface area contributed by atoms with Crippen LogP contribution in [0.1, 0.15) is 21.8 Å². The molecular formula is C21H13F2N3O2. The molecule has 0 saturated heterocycles. The number of carbonyl (C=O) groups is 1. The van der Waals surface area contributed by atoms with E-state index in [1.54, 1.807) is 60.7 Å². The Kier molecular flexibility index (Phi) is 4.49. The molecule has 1 heterocycles. The molecule has 1 aromatic heterocycles. The number of fused-ring (bicyclic) bond motifs is 1. The van der Waals surface area contributed by atoms with Crippen LogP contribution in [0.5, 0.6) is 0 Å². The van der Waals surface area contributed by atoms with Crippen LogP contribution in [0, 0.1) is 0 Å². The topological polar surface area (TPSA) is 67.8 Å². The summed E-state index contributed by atoms with van der Waals surface area (Å²) in [7, 11) is 0. The Labute approximate surface area is 158 Å². The molecule has 0 aliphatic carbocycles. The first-order valence-electron chi connectivity index (χ1n) is 8.40. The van der Waals surface area contributed by atoms with Gasteiger partial charge in [0.25, 0.3) is 5.89 Å². The van der Waals surface area contributed by atoms with Gasteiger partial charge in [0.1, 0.15) is 5.52 Å². The highest BCUT2D eigenvalue weighted by molar-refractivity contribution is 6.11. The molecule has 28 heavy (non-hydrogen) atoms. The second-order valence-corrected chi connectivity index (χ2v) is 5.94. The zero-order valence-corrected chi connectivity index (χ0v) is 14.4. The fraction of sp³-hybridized carbons (Fsp3) is 0.0476. The van der Waals surface area contributed by atoms with Crippen molar-refractivity contribution in [3.63, 3.8) is 0 Å². The van der Waals surface area contributed by atoms with Crippen molar-refractivity contribution >= 4 is 22.6 Å². The summed E-state index contributed by atoms with van der Waals surface area (Å²) in [5.74, 6) is -1.19. The average Bonchev–Trinajstić information content (AvgIpc) is 3.18. The van der Waals surface area contributed by atoms with Gasteiger partial charge < -0.3 is 4.42 Å². The van der Waals surface area contributed by atoms with Crippen molar-refractivity contribution in [1.82, 2.24) is 4.98 Å². The number of aromatic nitrogens is 1. The molecule has 0 radical (unpaired) electrons. The number of oxazole rings is 1. The number of halogens is 2. The van der Waals surface area contributed by atoms with E-state index in [0.717, 1.165) is 0 Å². The molecule has 7 heteroatoms. The van der Waals surface area contributed by atoms with Crippen molar-refractivity contribution in [1.29, 1.82) is 0 Å². The Hall–Kier alpha value is -3.74. The molecule has 0 bridgehead atoms. The maximum Gasteiger partial charge on any atom is 0.436 e. The van der Waals surface area contributed by atoms with Crippen LogP contribution in [0.2, 0.25) is 0 Å². The van der Waals surface area contributed by atoms with Crippen LogP contribution in [0.15, 0.2) is 93.5 Å². The highest BCUT2D eigenvalue weighted by Gasteiger charge is 2.38. The lowest BCUT2D eigenvalue weighted by Crippen LogP contribution is -2.09. The van der Waals surface area contributed by atoms with Crippen molar-refractivity contribution in [2.24, 2.45) is 10.2 Å². The van der Waals surface area contributed by atoms with Gasteiger partial charge in [-0.1, -0.05) is 54.6 Å². The van der Waals surface area contributed by atoms with Gasteiger partial charge in [0.05, 0.1) is 11.3 Å². The van der Waals surface area contributed by atoms with E-state index in [1.165, 1.54) is 18.2 Å². The lowest BCUT2D eigenvalue weighted by molar-refractivity contribution is -0.0272. The molecule has 0 N–H and O–H groups in total. The Bertz CT molecular complexity index is 1140. The van der Waals surface area contributed by atoms with Crippen molar-refractivity contribution < 1.29 is 18.0 Å². The van der Waals surface area contributed by atoms with Gasteiger partial charge in [0.15, 0.2) is 11.4 Å². The Morgan fingerprint density at radius 1 is 0.893 bits per heavy atom. The van der Waals surface area contributed by atoms with E-state index in [-0.39, 0.29) is 22.6 Å². The molecule has 0 atom stereocenters. The van der Waals surface area contributed by atoms with E-state index < -0.39 is 11.9 Å². The second-order valence-electron chi connectivity index (χ2n) is 5.94. The molecule has 0 amide bonds. The summed E-state index contributed by atoms with van der Waals surface area (Å²) < 4.78 is 34.0. The summed E-state index contributed by atoms with van der Waals surface area (Å²) in [5.41, 5.74) is 1.16. The molecule has 5 nitrogen and oxygen atoms in total. The van der Waals surface area contributed by atoms with Gasteiger partial charge in [-0.25, -0.2) is 4.98 Å². The molecule has 0 unspecified atom stereocenters. The maximum atomic E-state index is 14.4. The summed E-state index contributed by atoms with van der Waals surface area (Å²) >= 11 is 0. The van der Waals surface area contributed by atoms with Gasteiger partial charge in [-0.2, -0.15) is 8.78 Å². The van der Waals surface area contributed by atoms with Gasteiger partial charge in [-0.15, -0.1) is 10.2 Å². The van der Waals surface area contributed by atoms with Crippen LogP contribution in [-0.4, -0.2) is 10.8 Å². The van der Waals surface area contributed by atoms with Gasteiger partial charge in [0.2, 0.25) is 0 Å². The first kappa shape index (κ1) is 17.7. The minimum Gasteiger partial charge on any atom is -0.433 e. The first-order chi connectivity index (χ1) is 13.5. The monoisotopic (exact) mass is 377 g/mol. The maximum absolute atomic E-state index is 14.4. The number of carbonyl (C=O) groups excluding carboxylic acids is 1. The first-order valence-corrected chi connectivity index (χ1v) is 8.40. The fourth-order valence-electron chi connectivity index (χ4n) is 2.66. The summed E-state index contributed by atoms with van der Waals surface area (Å²) in [4.78, 5) is 16.4. The third kappa shape index (κ3) is 3.42. The SMILES string of the molecule is O=C(c1ccccc1)c1ccccc1N=NC(F)(F)c1nc2ccccc2o1. The Balaban J connectivity index is 1.67. The third-order valence-corrected chi connectivity index (χ3v) is 4.02. The minimum absolute atomic E-state index is 0.0344. The fourth-order valence-corrected chi connectivity index (χ4v) is 2.66. The molecule has 4 aromatic rings. The van der Waals surface area contributed by atoms with Gasteiger partial charge in [-0.05, 0) is 24.3 Å². The van der Waals surface area contributed by atoms with Crippen LogP contribution in [0.3, 0.4) is 0 Å². The highest BCUT2D eigenvalue weighted by atomic mass is 19.3. The summed E-state index contributed by atoms with van der Waals surface area (Å²) in [6.07, 6.45) is 0. The van der Waals surface area contributed by atoms with Crippen LogP contribution in [0.25, 0.3) is 11.1 Å². The van der Waals surface area contributed by atoms with Crippen LogP contribution in [0.4, 0.5) is 14.5 Å². The van der Waals surface area contributed by atoms with E-state index in [1.807, 2.05) is 0 Å². The highest BCUT2D eigenvalue weighted by Crippen LogP contribution is 2.33. The quantitative estimate of drug-likeness (QED) is 0.247. The van der Waals surface area contributed by atoms with Gasteiger partial charge >= 0.3 is 6.05 Å². The van der Waals surface area contributed by atoms with Crippen LogP contribution in [-0.2, 0) is 6.05 Å². The minimum atomic E-state index is -3.78. The molecule has 0 fully saturated rings. The molecule has 0 aliphatic heterocycles. The van der Waals surface area contributed by atoms with Crippen molar-refractivity contribution in [2.75, 3.05) is 0 Å². The van der Waals surface area contributed by atoms with E-state index in [4.69, 9.17) is 4.42 Å². The van der Waals surface area contributed by atoms with E-state index >= 15 is 0 Å². The normalized spacial score (nSPS) is 11.9. The molecule has 0 aliphatic rings. The molecule has 4 rings (SSSR count). The molecule has 0 spiro atoms. The van der Waals surface area contributed by atoms with E-state index in [0.29, 0.717) is 11.1 Å². The smallest absolute Gasteiger partial charge is 0.433 e. The standard InChI is InChI=1S/C21H13F2N3O2/c22-21(23,20-24-17-12-6-7-13-18(17)28-20)26-25-16-11-5-4-10-15(16)19(27)14-8-2-1-3-9-14/h1-13H.